The molecule has 0 aromatic heterocycles. The quantitative estimate of drug-likeness (QED) is 0.253. The second kappa shape index (κ2) is 14.7. The highest BCUT2D eigenvalue weighted by molar-refractivity contribution is 5.97. The summed E-state index contributed by atoms with van der Waals surface area (Å²) in [5, 5.41) is 16.2. The fourth-order valence-corrected chi connectivity index (χ4v) is 5.38. The molecule has 2 aromatic carbocycles. The number of hydrogen-bond acceptors (Lipinski definition) is 6. The molecule has 230 valence electrons. The third-order valence-electron chi connectivity index (χ3n) is 7.48. The number of likely N-dealkylation sites (N-methyl/N-ethyl adjacent to an activating group) is 1. The molecule has 0 fully saturated rings. The number of aliphatic hydroxyl groups excluding tert-OH is 1. The van der Waals surface area contributed by atoms with Gasteiger partial charge in [-0.05, 0) is 49.5 Å². The minimum absolute atomic E-state index is 0.0362. The smallest absolute Gasteiger partial charge is 0.391 e. The van der Waals surface area contributed by atoms with Crippen LogP contribution in [0.3, 0.4) is 0 Å². The van der Waals surface area contributed by atoms with E-state index in [4.69, 9.17) is 5.73 Å². The Labute approximate surface area is 245 Å². The van der Waals surface area contributed by atoms with E-state index in [1.807, 2.05) is 51.1 Å². The summed E-state index contributed by atoms with van der Waals surface area (Å²) in [7, 11) is 0. The van der Waals surface area contributed by atoms with Crippen molar-refractivity contribution < 1.29 is 27.9 Å². The fourth-order valence-electron chi connectivity index (χ4n) is 5.38. The van der Waals surface area contributed by atoms with Crippen LogP contribution in [0.1, 0.15) is 50.3 Å². The zero-order valence-electron chi connectivity index (χ0n) is 24.5. The highest BCUT2D eigenvalue weighted by Gasteiger charge is 2.52. The SMILES string of the molecule is CCCN(CCC)C(=O)C1=CC(C(N)=O)([C@H](Cc2ccccc2)[C@@H](O)CNCc2cccc(C(F)(F)F)c2)NN1CC. The van der Waals surface area contributed by atoms with Crippen LogP contribution in [0, 0.1) is 5.92 Å². The van der Waals surface area contributed by atoms with E-state index in [9.17, 15) is 27.9 Å². The predicted molar refractivity (Wildman–Crippen MR) is 155 cm³/mol. The van der Waals surface area contributed by atoms with E-state index in [0.717, 1.165) is 30.5 Å². The molecule has 1 unspecified atom stereocenters. The summed E-state index contributed by atoms with van der Waals surface area (Å²) in [6.07, 6.45) is -2.30. The fraction of sp³-hybridized carbons (Fsp3) is 0.484. The second-order valence-electron chi connectivity index (χ2n) is 10.6. The predicted octanol–water partition coefficient (Wildman–Crippen LogP) is 3.61. The topological polar surface area (TPSA) is 111 Å². The Morgan fingerprint density at radius 2 is 1.69 bits per heavy atom. The molecule has 0 saturated heterocycles. The van der Waals surface area contributed by atoms with E-state index in [-0.39, 0.29) is 25.4 Å². The van der Waals surface area contributed by atoms with Crippen LogP contribution >= 0.6 is 0 Å². The minimum Gasteiger partial charge on any atom is -0.391 e. The number of amides is 2. The molecular formula is C31H42F3N5O3. The average molecular weight is 590 g/mol. The van der Waals surface area contributed by atoms with Gasteiger partial charge < -0.3 is 26.1 Å². The maximum atomic E-state index is 13.7. The normalized spacial score (nSPS) is 18.5. The molecular weight excluding hydrogens is 547 g/mol. The lowest BCUT2D eigenvalue weighted by molar-refractivity contribution is -0.137. The lowest BCUT2D eigenvalue weighted by atomic mass is 9.76. The molecule has 3 atom stereocenters. The molecule has 1 aliphatic heterocycles. The van der Waals surface area contributed by atoms with Crippen LogP contribution in [0.4, 0.5) is 13.2 Å². The molecule has 5 N–H and O–H groups in total. The molecule has 11 heteroatoms. The lowest BCUT2D eigenvalue weighted by Crippen LogP contribution is -2.63. The van der Waals surface area contributed by atoms with Gasteiger partial charge in [0.05, 0.1) is 11.7 Å². The first kappa shape index (κ1) is 33.1. The maximum Gasteiger partial charge on any atom is 0.416 e. The number of benzene rings is 2. The summed E-state index contributed by atoms with van der Waals surface area (Å²) in [6.45, 7) is 7.32. The van der Waals surface area contributed by atoms with Crippen molar-refractivity contribution in [2.24, 2.45) is 11.7 Å². The van der Waals surface area contributed by atoms with Gasteiger partial charge in [0.1, 0.15) is 11.2 Å². The number of hydrazine groups is 1. The first-order chi connectivity index (χ1) is 20.0. The number of hydrogen-bond donors (Lipinski definition) is 4. The van der Waals surface area contributed by atoms with Gasteiger partial charge in [-0.15, -0.1) is 0 Å². The van der Waals surface area contributed by atoms with Crippen molar-refractivity contribution in [3.05, 3.63) is 83.1 Å². The summed E-state index contributed by atoms with van der Waals surface area (Å²) in [5.41, 5.74) is 8.38. The highest BCUT2D eigenvalue weighted by atomic mass is 19.4. The maximum absolute atomic E-state index is 13.7. The molecule has 42 heavy (non-hydrogen) atoms. The van der Waals surface area contributed by atoms with Crippen molar-refractivity contribution in [1.82, 2.24) is 20.7 Å². The molecule has 0 aliphatic carbocycles. The molecule has 1 aliphatic rings. The van der Waals surface area contributed by atoms with Gasteiger partial charge in [-0.25, -0.2) is 5.43 Å². The Bertz CT molecular complexity index is 1220. The summed E-state index contributed by atoms with van der Waals surface area (Å²) in [5.74, 6) is -1.80. The Morgan fingerprint density at radius 3 is 2.26 bits per heavy atom. The van der Waals surface area contributed by atoms with Gasteiger partial charge in [0, 0.05) is 38.6 Å². The molecule has 8 nitrogen and oxygen atoms in total. The Hall–Kier alpha value is -3.41. The Morgan fingerprint density at radius 1 is 1.05 bits per heavy atom. The number of nitrogens with zero attached hydrogens (tertiary/aromatic N) is 2. The van der Waals surface area contributed by atoms with Crippen molar-refractivity contribution in [3.63, 3.8) is 0 Å². The number of nitrogens with two attached hydrogens (primary N) is 1. The first-order valence-electron chi connectivity index (χ1n) is 14.4. The van der Waals surface area contributed by atoms with Gasteiger partial charge in [0.15, 0.2) is 0 Å². The van der Waals surface area contributed by atoms with Crippen LogP contribution in [-0.2, 0) is 28.7 Å². The summed E-state index contributed by atoms with van der Waals surface area (Å²) < 4.78 is 39.5. The molecule has 1 heterocycles. The summed E-state index contributed by atoms with van der Waals surface area (Å²) in [6, 6.07) is 14.3. The van der Waals surface area contributed by atoms with Crippen LogP contribution in [0.25, 0.3) is 0 Å². The molecule has 0 bridgehead atoms. The van der Waals surface area contributed by atoms with Crippen molar-refractivity contribution in [2.75, 3.05) is 26.2 Å². The Balaban J connectivity index is 1.94. The van der Waals surface area contributed by atoms with Gasteiger partial charge in [-0.3, -0.25) is 9.59 Å². The monoisotopic (exact) mass is 589 g/mol. The second-order valence-corrected chi connectivity index (χ2v) is 10.6. The van der Waals surface area contributed by atoms with Gasteiger partial charge >= 0.3 is 6.18 Å². The van der Waals surface area contributed by atoms with E-state index in [1.54, 1.807) is 22.1 Å². The van der Waals surface area contributed by atoms with Crippen LogP contribution in [0.15, 0.2) is 66.4 Å². The number of nitrogens with one attached hydrogen (secondary N) is 2. The number of primary amides is 1. The zero-order valence-corrected chi connectivity index (χ0v) is 24.5. The molecule has 3 rings (SSSR count). The van der Waals surface area contributed by atoms with E-state index in [0.29, 0.717) is 30.9 Å². The van der Waals surface area contributed by atoms with E-state index in [1.165, 1.54) is 6.07 Å². The number of alkyl halides is 3. The average Bonchev–Trinajstić information content (AvgIpc) is 3.37. The van der Waals surface area contributed by atoms with E-state index >= 15 is 0 Å². The minimum atomic E-state index is -4.46. The Kier molecular flexibility index (Phi) is 11.6. The molecule has 0 spiro atoms. The summed E-state index contributed by atoms with van der Waals surface area (Å²) in [4.78, 5) is 28.7. The van der Waals surface area contributed by atoms with E-state index < -0.39 is 35.2 Å². The van der Waals surface area contributed by atoms with Gasteiger partial charge in [0.25, 0.3) is 5.91 Å². The van der Waals surface area contributed by atoms with Crippen LogP contribution in [0.2, 0.25) is 0 Å². The number of halogens is 3. The third kappa shape index (κ3) is 7.90. The van der Waals surface area contributed by atoms with Crippen LogP contribution in [0.5, 0.6) is 0 Å². The molecule has 2 amide bonds. The van der Waals surface area contributed by atoms with Crippen molar-refractivity contribution in [2.45, 2.75) is 64.4 Å². The van der Waals surface area contributed by atoms with Crippen molar-refractivity contribution in [1.29, 1.82) is 0 Å². The van der Waals surface area contributed by atoms with Crippen molar-refractivity contribution >= 4 is 11.8 Å². The number of aliphatic hydroxyl groups is 1. The lowest BCUT2D eigenvalue weighted by Gasteiger charge is -2.38. The number of rotatable bonds is 15. The third-order valence-corrected chi connectivity index (χ3v) is 7.48. The van der Waals surface area contributed by atoms with Gasteiger partial charge in [-0.2, -0.15) is 13.2 Å². The summed E-state index contributed by atoms with van der Waals surface area (Å²) >= 11 is 0. The first-order valence-corrected chi connectivity index (χ1v) is 14.4. The number of carbonyl (C=O) groups is 2. The standard InChI is InChI=1S/C31H42F3N5O3/c1-4-15-38(16-5-2)28(41)26-19-30(29(35)42,37-39(26)6-3)25(18-22-11-8-7-9-12-22)27(40)21-36-20-23-13-10-14-24(17-23)31(32,33)34/h7-14,17,19,25,27,36-37,40H,4-6,15-16,18,20-21H2,1-3H3,(H2,35,42)/t25-,27+,30?/m1/s1. The molecule has 2 aromatic rings. The highest BCUT2D eigenvalue weighted by Crippen LogP contribution is 2.34. The number of carbonyl (C=O) groups excluding carboxylic acids is 2. The molecule has 0 radical (unpaired) electrons. The van der Waals surface area contributed by atoms with Gasteiger partial charge in [-0.1, -0.05) is 62.4 Å². The van der Waals surface area contributed by atoms with Gasteiger partial charge in [0.2, 0.25) is 5.91 Å². The largest absolute Gasteiger partial charge is 0.416 e. The molecule has 0 saturated carbocycles. The van der Waals surface area contributed by atoms with Crippen molar-refractivity contribution in [3.8, 4) is 0 Å². The van der Waals surface area contributed by atoms with E-state index in [2.05, 4.69) is 10.7 Å². The van der Waals surface area contributed by atoms with Crippen LogP contribution < -0.4 is 16.5 Å². The zero-order chi connectivity index (χ0) is 30.9. The van der Waals surface area contributed by atoms with Crippen LogP contribution in [-0.4, -0.2) is 64.7 Å².